The second-order valence-electron chi connectivity index (χ2n) is 8.94. The van der Waals surface area contributed by atoms with E-state index in [1.165, 1.54) is 30.1 Å². The van der Waals surface area contributed by atoms with Crippen LogP contribution < -0.4 is 16.6 Å². The number of rotatable bonds is 4. The molecule has 0 aliphatic carbocycles. The second kappa shape index (κ2) is 8.76. The molecule has 0 fully saturated rings. The fourth-order valence-corrected chi connectivity index (χ4v) is 3.95. The summed E-state index contributed by atoms with van der Waals surface area (Å²) in [7, 11) is 0. The number of carbonyl (C=O) groups excluding carboxylic acids is 1. The lowest BCUT2D eigenvalue weighted by Crippen LogP contribution is -2.29. The fraction of sp³-hybridized carbons (Fsp3) is 0.154. The maximum Gasteiger partial charge on any atom is 0.333 e. The Bertz CT molecular complexity index is 1850. The minimum Gasteiger partial charge on any atom is -0.295 e. The number of benzene rings is 1. The van der Waals surface area contributed by atoms with E-state index in [0.717, 1.165) is 5.56 Å². The van der Waals surface area contributed by atoms with E-state index in [1.807, 2.05) is 0 Å². The normalized spacial score (nSPS) is 11.4. The van der Waals surface area contributed by atoms with Gasteiger partial charge in [-0.2, -0.15) is 5.26 Å². The molecule has 11 nitrogen and oxygen atoms in total. The zero-order valence-corrected chi connectivity index (χ0v) is 20.1. The SMILES string of the molecule is CC(=O)Nc1ncc(-c2ccc3ncc4c(=O)[nH]c(=O)n(-c5ccc(C(C)(C)C#N)cc5)c4c3n2)cn1. The molecule has 0 unspecified atom stereocenters. The molecule has 37 heavy (non-hydrogen) atoms. The number of aromatic nitrogens is 6. The zero-order valence-electron chi connectivity index (χ0n) is 20.1. The van der Waals surface area contributed by atoms with E-state index >= 15 is 0 Å². The van der Waals surface area contributed by atoms with Crippen molar-refractivity contribution in [1.82, 2.24) is 29.5 Å². The first-order valence-electron chi connectivity index (χ1n) is 11.2. The highest BCUT2D eigenvalue weighted by Gasteiger charge is 2.20. The quantitative estimate of drug-likeness (QED) is 0.362. The summed E-state index contributed by atoms with van der Waals surface area (Å²) in [5.74, 6) is -0.130. The molecule has 182 valence electrons. The summed E-state index contributed by atoms with van der Waals surface area (Å²) in [6.45, 7) is 4.97. The predicted molar refractivity (Wildman–Crippen MR) is 137 cm³/mol. The topological polar surface area (TPSA) is 159 Å². The number of nitrogens with zero attached hydrogens (tertiary/aromatic N) is 6. The summed E-state index contributed by atoms with van der Waals surface area (Å²) in [4.78, 5) is 56.7. The van der Waals surface area contributed by atoms with Gasteiger partial charge >= 0.3 is 5.69 Å². The van der Waals surface area contributed by atoms with Crippen LogP contribution in [0, 0.1) is 11.3 Å². The molecule has 4 aromatic heterocycles. The van der Waals surface area contributed by atoms with Crippen molar-refractivity contribution in [3.8, 4) is 23.0 Å². The highest BCUT2D eigenvalue weighted by atomic mass is 16.2. The lowest BCUT2D eigenvalue weighted by atomic mass is 9.86. The standard InChI is InChI=1S/C26H20N8O3/c1-14(35)31-24-29-10-15(11-30-24)19-8-9-20-21(32-19)22-18(12-28-20)23(36)33-25(37)34(22)17-6-4-16(5-7-17)26(2,3)13-27/h4-12H,1-3H3,(H,33,36,37)(H,29,30,31,35). The Hall–Kier alpha value is -5.24. The molecule has 1 aromatic carbocycles. The number of pyridine rings is 2. The minimum absolute atomic E-state index is 0.160. The van der Waals surface area contributed by atoms with Gasteiger partial charge in [-0.1, -0.05) is 12.1 Å². The van der Waals surface area contributed by atoms with Gasteiger partial charge in [-0.05, 0) is 43.7 Å². The number of hydrogen-bond donors (Lipinski definition) is 2. The van der Waals surface area contributed by atoms with Crippen LogP contribution in [0.2, 0.25) is 0 Å². The van der Waals surface area contributed by atoms with Crippen LogP contribution in [0.15, 0.2) is 64.6 Å². The van der Waals surface area contributed by atoms with Gasteiger partial charge in [0.15, 0.2) is 0 Å². The smallest absolute Gasteiger partial charge is 0.295 e. The number of anilines is 1. The van der Waals surface area contributed by atoms with Crippen molar-refractivity contribution < 1.29 is 4.79 Å². The molecule has 0 atom stereocenters. The number of carbonyl (C=O) groups is 1. The Morgan fingerprint density at radius 1 is 1.03 bits per heavy atom. The lowest BCUT2D eigenvalue weighted by molar-refractivity contribution is -0.114. The predicted octanol–water partition coefficient (Wildman–Crippen LogP) is 2.84. The molecule has 4 heterocycles. The van der Waals surface area contributed by atoms with Crippen LogP contribution in [0.3, 0.4) is 0 Å². The van der Waals surface area contributed by atoms with Gasteiger partial charge in [-0.3, -0.25) is 29.4 Å². The summed E-state index contributed by atoms with van der Waals surface area (Å²) < 4.78 is 1.37. The largest absolute Gasteiger partial charge is 0.333 e. The number of fused-ring (bicyclic) bond motifs is 3. The number of amides is 1. The van der Waals surface area contributed by atoms with Crippen molar-refractivity contribution in [3.63, 3.8) is 0 Å². The third-order valence-corrected chi connectivity index (χ3v) is 5.94. The summed E-state index contributed by atoms with van der Waals surface area (Å²) in [5, 5.41) is 12.2. The Balaban J connectivity index is 1.74. The average Bonchev–Trinajstić information content (AvgIpc) is 2.88. The Morgan fingerprint density at radius 3 is 2.38 bits per heavy atom. The molecule has 0 saturated heterocycles. The maximum atomic E-state index is 13.1. The Kier molecular flexibility index (Phi) is 5.56. The molecular weight excluding hydrogens is 472 g/mol. The van der Waals surface area contributed by atoms with Crippen molar-refractivity contribution in [3.05, 3.63) is 81.4 Å². The molecule has 0 radical (unpaired) electrons. The van der Waals surface area contributed by atoms with Crippen LogP contribution in [-0.2, 0) is 10.2 Å². The van der Waals surface area contributed by atoms with Gasteiger partial charge in [0.1, 0.15) is 5.52 Å². The van der Waals surface area contributed by atoms with E-state index in [2.05, 4.69) is 31.3 Å². The molecule has 0 saturated carbocycles. The Morgan fingerprint density at radius 2 is 1.73 bits per heavy atom. The molecule has 0 bridgehead atoms. The molecule has 1 amide bonds. The molecule has 5 aromatic rings. The van der Waals surface area contributed by atoms with E-state index in [-0.39, 0.29) is 17.2 Å². The van der Waals surface area contributed by atoms with Gasteiger partial charge < -0.3 is 0 Å². The van der Waals surface area contributed by atoms with Crippen molar-refractivity contribution in [2.45, 2.75) is 26.2 Å². The fourth-order valence-electron chi connectivity index (χ4n) is 3.95. The molecule has 2 N–H and O–H groups in total. The third-order valence-electron chi connectivity index (χ3n) is 5.94. The van der Waals surface area contributed by atoms with Crippen LogP contribution in [0.25, 0.3) is 38.9 Å². The first-order valence-corrected chi connectivity index (χ1v) is 11.2. The summed E-state index contributed by atoms with van der Waals surface area (Å²) in [5.41, 5.74) is 1.53. The number of hydrogen-bond acceptors (Lipinski definition) is 8. The first kappa shape index (κ1) is 23.5. The highest BCUT2D eigenvalue weighted by Crippen LogP contribution is 2.27. The van der Waals surface area contributed by atoms with Gasteiger partial charge in [0, 0.05) is 31.1 Å². The molecule has 0 spiro atoms. The zero-order chi connectivity index (χ0) is 26.3. The van der Waals surface area contributed by atoms with Crippen LogP contribution in [0.5, 0.6) is 0 Å². The van der Waals surface area contributed by atoms with E-state index in [9.17, 15) is 19.6 Å². The maximum absolute atomic E-state index is 13.1. The monoisotopic (exact) mass is 492 g/mol. The molecule has 5 rings (SSSR count). The molecule has 0 aliphatic rings. The van der Waals surface area contributed by atoms with E-state index in [0.29, 0.717) is 33.5 Å². The van der Waals surface area contributed by atoms with Gasteiger partial charge in [0.25, 0.3) is 5.56 Å². The van der Waals surface area contributed by atoms with Gasteiger partial charge in [0.2, 0.25) is 11.9 Å². The lowest BCUT2D eigenvalue weighted by Gasteiger charge is -2.17. The van der Waals surface area contributed by atoms with Gasteiger partial charge in [-0.15, -0.1) is 0 Å². The molecule has 11 heteroatoms. The van der Waals surface area contributed by atoms with Gasteiger partial charge in [-0.25, -0.2) is 19.7 Å². The second-order valence-corrected chi connectivity index (χ2v) is 8.94. The van der Waals surface area contributed by atoms with E-state index < -0.39 is 16.7 Å². The average molecular weight is 492 g/mol. The summed E-state index contributed by atoms with van der Waals surface area (Å²) >= 11 is 0. The number of nitriles is 1. The Labute approximate surface area is 209 Å². The number of H-pyrrole nitrogens is 1. The van der Waals surface area contributed by atoms with Crippen molar-refractivity contribution in [1.29, 1.82) is 5.26 Å². The number of aromatic amines is 1. The van der Waals surface area contributed by atoms with Crippen LogP contribution >= 0.6 is 0 Å². The summed E-state index contributed by atoms with van der Waals surface area (Å²) in [6, 6.07) is 12.7. The van der Waals surface area contributed by atoms with E-state index in [4.69, 9.17) is 4.98 Å². The molecule has 0 aliphatic heterocycles. The highest BCUT2D eigenvalue weighted by molar-refractivity contribution is 6.01. The molecular formula is C26H20N8O3. The van der Waals surface area contributed by atoms with Crippen LogP contribution in [0.1, 0.15) is 26.3 Å². The van der Waals surface area contributed by atoms with E-state index in [1.54, 1.807) is 50.2 Å². The summed E-state index contributed by atoms with van der Waals surface area (Å²) in [6.07, 6.45) is 4.44. The van der Waals surface area contributed by atoms with Crippen molar-refractivity contribution in [2.24, 2.45) is 0 Å². The van der Waals surface area contributed by atoms with Gasteiger partial charge in [0.05, 0.1) is 39.3 Å². The van der Waals surface area contributed by atoms with Crippen LogP contribution in [-0.4, -0.2) is 35.4 Å². The first-order chi connectivity index (χ1) is 17.7. The third kappa shape index (κ3) is 4.21. The van der Waals surface area contributed by atoms with Crippen LogP contribution in [0.4, 0.5) is 5.95 Å². The minimum atomic E-state index is -0.707. The van der Waals surface area contributed by atoms with Crippen molar-refractivity contribution >= 4 is 33.8 Å². The van der Waals surface area contributed by atoms with Crippen molar-refractivity contribution in [2.75, 3.05) is 5.32 Å². The number of nitrogens with one attached hydrogen (secondary N) is 2.